The van der Waals surface area contributed by atoms with Crippen LogP contribution in [0.3, 0.4) is 0 Å². The van der Waals surface area contributed by atoms with Crippen LogP contribution in [0.4, 0.5) is 17.6 Å². The summed E-state index contributed by atoms with van der Waals surface area (Å²) in [6.07, 6.45) is -3.85. The first kappa shape index (κ1) is 15.9. The fourth-order valence-corrected chi connectivity index (χ4v) is 1.83. The molecule has 0 saturated carbocycles. The van der Waals surface area contributed by atoms with Crippen molar-refractivity contribution in [2.75, 3.05) is 19.6 Å². The lowest BCUT2D eigenvalue weighted by molar-refractivity contribution is -0.145. The zero-order valence-electron chi connectivity index (χ0n) is 10.8. The number of halogens is 4. The monoisotopic (exact) mass is 278 g/mol. The van der Waals surface area contributed by atoms with E-state index in [2.05, 4.69) is 0 Å². The molecule has 0 fully saturated rings. The normalized spacial score (nSPS) is 13.8. The van der Waals surface area contributed by atoms with Crippen molar-refractivity contribution in [1.29, 1.82) is 0 Å². The predicted molar refractivity (Wildman–Crippen MR) is 66.1 cm³/mol. The standard InChI is InChI=1S/C13H18F4N2/c1-2-19(9-13(15,16)17)7-6-12(18)10-4-3-5-11(14)8-10/h3-5,8,12H,2,6-7,9,18H2,1H3. The number of nitrogens with two attached hydrogens (primary N) is 1. The van der Waals surface area contributed by atoms with Gasteiger partial charge in [0, 0.05) is 12.6 Å². The van der Waals surface area contributed by atoms with Crippen LogP contribution in [0.5, 0.6) is 0 Å². The molecule has 0 amide bonds. The van der Waals surface area contributed by atoms with Crippen LogP contribution in [0.15, 0.2) is 24.3 Å². The highest BCUT2D eigenvalue weighted by Crippen LogP contribution is 2.19. The Bertz CT molecular complexity index is 392. The van der Waals surface area contributed by atoms with E-state index in [4.69, 9.17) is 5.73 Å². The Morgan fingerprint density at radius 1 is 1.32 bits per heavy atom. The summed E-state index contributed by atoms with van der Waals surface area (Å²) in [7, 11) is 0. The molecule has 19 heavy (non-hydrogen) atoms. The lowest BCUT2D eigenvalue weighted by Gasteiger charge is -2.23. The summed E-state index contributed by atoms with van der Waals surface area (Å²) < 4.78 is 49.8. The first-order valence-electron chi connectivity index (χ1n) is 6.12. The van der Waals surface area contributed by atoms with Crippen molar-refractivity contribution < 1.29 is 17.6 Å². The van der Waals surface area contributed by atoms with Gasteiger partial charge in [0.2, 0.25) is 0 Å². The Kier molecular flexibility index (Phi) is 5.75. The van der Waals surface area contributed by atoms with E-state index in [-0.39, 0.29) is 6.54 Å². The summed E-state index contributed by atoms with van der Waals surface area (Å²) in [6.45, 7) is 1.25. The Morgan fingerprint density at radius 3 is 2.53 bits per heavy atom. The molecule has 0 spiro atoms. The van der Waals surface area contributed by atoms with Gasteiger partial charge in [-0.3, -0.25) is 4.90 Å². The van der Waals surface area contributed by atoms with E-state index in [1.807, 2.05) is 0 Å². The zero-order chi connectivity index (χ0) is 14.5. The van der Waals surface area contributed by atoms with Gasteiger partial charge in [-0.15, -0.1) is 0 Å². The van der Waals surface area contributed by atoms with Crippen molar-refractivity contribution in [3.05, 3.63) is 35.6 Å². The molecule has 2 N–H and O–H groups in total. The summed E-state index contributed by atoms with van der Waals surface area (Å²) in [5.74, 6) is -0.393. The molecule has 6 heteroatoms. The van der Waals surface area contributed by atoms with E-state index < -0.39 is 24.6 Å². The SMILES string of the molecule is CCN(CCC(N)c1cccc(F)c1)CC(F)(F)F. The molecule has 1 atom stereocenters. The van der Waals surface area contributed by atoms with Crippen LogP contribution in [-0.4, -0.2) is 30.7 Å². The van der Waals surface area contributed by atoms with Gasteiger partial charge in [-0.1, -0.05) is 19.1 Å². The summed E-state index contributed by atoms with van der Waals surface area (Å²) >= 11 is 0. The van der Waals surface area contributed by atoms with Crippen molar-refractivity contribution in [2.24, 2.45) is 5.73 Å². The van der Waals surface area contributed by atoms with E-state index in [1.165, 1.54) is 23.1 Å². The highest BCUT2D eigenvalue weighted by atomic mass is 19.4. The molecular weight excluding hydrogens is 260 g/mol. The molecule has 0 radical (unpaired) electrons. The van der Waals surface area contributed by atoms with Gasteiger partial charge >= 0.3 is 6.18 Å². The second kappa shape index (κ2) is 6.86. The van der Waals surface area contributed by atoms with Crippen LogP contribution in [0, 0.1) is 5.82 Å². The predicted octanol–water partition coefficient (Wildman–Crippen LogP) is 3.10. The maximum atomic E-state index is 13.0. The number of alkyl halides is 3. The molecule has 0 aliphatic rings. The zero-order valence-corrected chi connectivity index (χ0v) is 10.8. The number of nitrogens with zero attached hydrogens (tertiary/aromatic N) is 1. The van der Waals surface area contributed by atoms with Gasteiger partial charge < -0.3 is 5.73 Å². The van der Waals surface area contributed by atoms with E-state index in [9.17, 15) is 17.6 Å². The van der Waals surface area contributed by atoms with Crippen LogP contribution in [0.1, 0.15) is 24.9 Å². The largest absolute Gasteiger partial charge is 0.401 e. The molecular formula is C13H18F4N2. The van der Waals surface area contributed by atoms with Crippen LogP contribution in [0.2, 0.25) is 0 Å². The molecule has 2 nitrogen and oxygen atoms in total. The van der Waals surface area contributed by atoms with Gasteiger partial charge in [0.1, 0.15) is 5.82 Å². The molecule has 1 unspecified atom stereocenters. The lowest BCUT2D eigenvalue weighted by Crippen LogP contribution is -2.35. The molecule has 0 aliphatic carbocycles. The van der Waals surface area contributed by atoms with Crippen LogP contribution < -0.4 is 5.73 Å². The maximum Gasteiger partial charge on any atom is 0.401 e. The van der Waals surface area contributed by atoms with Crippen molar-refractivity contribution in [3.63, 3.8) is 0 Å². The number of rotatable bonds is 6. The third kappa shape index (κ3) is 6.02. The van der Waals surface area contributed by atoms with Gasteiger partial charge in [-0.25, -0.2) is 4.39 Å². The fraction of sp³-hybridized carbons (Fsp3) is 0.538. The highest BCUT2D eigenvalue weighted by Gasteiger charge is 2.30. The molecule has 0 aliphatic heterocycles. The average molecular weight is 278 g/mol. The van der Waals surface area contributed by atoms with E-state index in [0.717, 1.165) is 0 Å². The van der Waals surface area contributed by atoms with Gasteiger partial charge in [0.15, 0.2) is 0 Å². The number of hydrogen-bond acceptors (Lipinski definition) is 2. The molecule has 1 rings (SSSR count). The van der Waals surface area contributed by atoms with Crippen molar-refractivity contribution in [2.45, 2.75) is 25.6 Å². The summed E-state index contributed by atoms with van der Waals surface area (Å²) in [6, 6.07) is 5.37. The van der Waals surface area contributed by atoms with E-state index >= 15 is 0 Å². The third-order valence-electron chi connectivity index (χ3n) is 2.88. The minimum Gasteiger partial charge on any atom is -0.324 e. The molecule has 1 aromatic rings. The Balaban J connectivity index is 2.50. The van der Waals surface area contributed by atoms with Gasteiger partial charge in [-0.05, 0) is 30.7 Å². The topological polar surface area (TPSA) is 29.3 Å². The van der Waals surface area contributed by atoms with Crippen LogP contribution in [0.25, 0.3) is 0 Å². The average Bonchev–Trinajstić information content (AvgIpc) is 2.32. The summed E-state index contributed by atoms with van der Waals surface area (Å²) in [5.41, 5.74) is 6.46. The molecule has 0 saturated heterocycles. The third-order valence-corrected chi connectivity index (χ3v) is 2.88. The smallest absolute Gasteiger partial charge is 0.324 e. The van der Waals surface area contributed by atoms with Gasteiger partial charge in [0.05, 0.1) is 6.54 Å². The Morgan fingerprint density at radius 2 is 2.00 bits per heavy atom. The molecule has 0 bridgehead atoms. The number of benzene rings is 1. The molecule has 0 aromatic heterocycles. The maximum absolute atomic E-state index is 13.0. The van der Waals surface area contributed by atoms with Crippen LogP contribution in [-0.2, 0) is 0 Å². The molecule has 0 heterocycles. The highest BCUT2D eigenvalue weighted by molar-refractivity contribution is 5.19. The summed E-state index contributed by atoms with van der Waals surface area (Å²) in [4.78, 5) is 1.28. The van der Waals surface area contributed by atoms with Crippen LogP contribution >= 0.6 is 0 Å². The second-order valence-electron chi connectivity index (χ2n) is 4.43. The fourth-order valence-electron chi connectivity index (χ4n) is 1.83. The number of hydrogen-bond donors (Lipinski definition) is 1. The summed E-state index contributed by atoms with van der Waals surface area (Å²) in [5, 5.41) is 0. The van der Waals surface area contributed by atoms with Crippen molar-refractivity contribution in [1.82, 2.24) is 4.90 Å². The first-order chi connectivity index (χ1) is 8.81. The van der Waals surface area contributed by atoms with Crippen molar-refractivity contribution >= 4 is 0 Å². The van der Waals surface area contributed by atoms with Gasteiger partial charge in [0.25, 0.3) is 0 Å². The first-order valence-corrected chi connectivity index (χ1v) is 6.12. The molecule has 1 aromatic carbocycles. The lowest BCUT2D eigenvalue weighted by atomic mass is 10.0. The second-order valence-corrected chi connectivity index (χ2v) is 4.43. The van der Waals surface area contributed by atoms with Gasteiger partial charge in [-0.2, -0.15) is 13.2 Å². The van der Waals surface area contributed by atoms with E-state index in [1.54, 1.807) is 13.0 Å². The Labute approximate surface area is 110 Å². The van der Waals surface area contributed by atoms with Crippen molar-refractivity contribution in [3.8, 4) is 0 Å². The quantitative estimate of drug-likeness (QED) is 0.810. The minimum absolute atomic E-state index is 0.230. The minimum atomic E-state index is -4.21. The van der Waals surface area contributed by atoms with E-state index in [0.29, 0.717) is 18.5 Å². The molecule has 108 valence electrons. The Hall–Kier alpha value is -1.14.